The summed E-state index contributed by atoms with van der Waals surface area (Å²) in [6.45, 7) is 16.6. The highest BCUT2D eigenvalue weighted by atomic mass is 16.6. The molecule has 1 aromatic carbocycles. The lowest BCUT2D eigenvalue weighted by Crippen LogP contribution is -2.58. The van der Waals surface area contributed by atoms with Crippen LogP contribution in [0.4, 0.5) is 0 Å². The van der Waals surface area contributed by atoms with Crippen molar-refractivity contribution in [2.75, 3.05) is 0 Å². The molecule has 1 aromatic rings. The van der Waals surface area contributed by atoms with Gasteiger partial charge in [-0.2, -0.15) is 0 Å². The van der Waals surface area contributed by atoms with Gasteiger partial charge in [0.25, 0.3) is 0 Å². The van der Waals surface area contributed by atoms with Crippen molar-refractivity contribution in [3.63, 3.8) is 0 Å². The minimum Gasteiger partial charge on any atom is -0.488 e. The second kappa shape index (κ2) is 16.1. The third kappa shape index (κ3) is 14.3. The maximum Gasteiger partial charge on any atom is 0.326 e. The van der Waals surface area contributed by atoms with Gasteiger partial charge in [0.05, 0.1) is 6.42 Å². The van der Waals surface area contributed by atoms with Crippen LogP contribution in [-0.2, 0) is 39.9 Å². The minimum atomic E-state index is -1.58. The van der Waals surface area contributed by atoms with Crippen LogP contribution in [0.1, 0.15) is 81.2 Å². The van der Waals surface area contributed by atoms with Crippen LogP contribution in [0.2, 0.25) is 0 Å². The van der Waals surface area contributed by atoms with Gasteiger partial charge in [-0.25, -0.2) is 4.79 Å². The number of hydrogen-bond acceptors (Lipinski definition) is 8. The monoisotopic (exact) mass is 620 g/mol. The van der Waals surface area contributed by atoms with E-state index >= 15 is 0 Å². The van der Waals surface area contributed by atoms with E-state index in [1.165, 1.54) is 13.8 Å². The molecule has 0 aliphatic carbocycles. The summed E-state index contributed by atoms with van der Waals surface area (Å²) in [7, 11) is 0. The summed E-state index contributed by atoms with van der Waals surface area (Å²) >= 11 is 0. The number of carboxylic acid groups (broad SMARTS) is 1. The fraction of sp³-hybridized carbons (Fsp3) is 0.613. The number of hydrogen-bond donors (Lipinski definition) is 5. The maximum atomic E-state index is 13.3. The van der Waals surface area contributed by atoms with Crippen LogP contribution in [0.3, 0.4) is 0 Å². The van der Waals surface area contributed by atoms with E-state index in [0.717, 1.165) is 5.56 Å². The van der Waals surface area contributed by atoms with Crippen LogP contribution in [0.5, 0.6) is 5.75 Å². The van der Waals surface area contributed by atoms with E-state index in [2.05, 4.69) is 21.3 Å². The van der Waals surface area contributed by atoms with Gasteiger partial charge in [-0.1, -0.05) is 26.0 Å². The average molecular weight is 621 g/mol. The topological polar surface area (TPSA) is 189 Å². The summed E-state index contributed by atoms with van der Waals surface area (Å²) < 4.78 is 11.0. The van der Waals surface area contributed by atoms with E-state index in [9.17, 15) is 33.9 Å². The molecule has 44 heavy (non-hydrogen) atoms. The summed E-state index contributed by atoms with van der Waals surface area (Å²) in [5.74, 6) is -4.62. The normalized spacial score (nSPS) is 14.3. The van der Waals surface area contributed by atoms with Crippen LogP contribution >= 0.6 is 0 Å². The molecule has 0 radical (unpaired) electrons. The van der Waals surface area contributed by atoms with Gasteiger partial charge >= 0.3 is 11.9 Å². The fourth-order valence-electron chi connectivity index (χ4n) is 3.94. The average Bonchev–Trinajstić information content (AvgIpc) is 2.84. The molecule has 0 fully saturated rings. The highest BCUT2D eigenvalue weighted by molar-refractivity contribution is 5.95. The Labute approximate surface area is 259 Å². The molecule has 1 rings (SSSR count). The Bertz CT molecular complexity index is 1180. The molecule has 0 aliphatic heterocycles. The molecular weight excluding hydrogens is 572 g/mol. The number of ether oxygens (including phenoxy) is 2. The predicted octanol–water partition coefficient (Wildman–Crippen LogP) is 1.86. The zero-order valence-electron chi connectivity index (χ0n) is 27.3. The molecule has 13 heteroatoms. The highest BCUT2D eigenvalue weighted by Crippen LogP contribution is 2.19. The molecule has 0 heterocycles. The van der Waals surface area contributed by atoms with Crippen molar-refractivity contribution >= 4 is 35.6 Å². The smallest absolute Gasteiger partial charge is 0.326 e. The third-order valence-corrected chi connectivity index (χ3v) is 5.89. The van der Waals surface area contributed by atoms with Gasteiger partial charge in [0.15, 0.2) is 0 Å². The first kappa shape index (κ1) is 37.9. The molecule has 0 aliphatic rings. The van der Waals surface area contributed by atoms with E-state index < -0.39 is 77.7 Å². The molecule has 5 N–H and O–H groups in total. The van der Waals surface area contributed by atoms with Gasteiger partial charge in [0, 0.05) is 13.3 Å². The van der Waals surface area contributed by atoms with Crippen molar-refractivity contribution in [1.82, 2.24) is 21.3 Å². The van der Waals surface area contributed by atoms with Gasteiger partial charge in [0.2, 0.25) is 23.6 Å². The van der Waals surface area contributed by atoms with E-state index in [-0.39, 0.29) is 12.0 Å². The first-order valence-electron chi connectivity index (χ1n) is 14.5. The van der Waals surface area contributed by atoms with Gasteiger partial charge in [0.1, 0.15) is 41.1 Å². The van der Waals surface area contributed by atoms with E-state index in [0.29, 0.717) is 5.75 Å². The van der Waals surface area contributed by atoms with Crippen molar-refractivity contribution in [2.45, 2.75) is 117 Å². The molecule has 0 bridgehead atoms. The molecule has 4 atom stereocenters. The number of carboxylic acids is 1. The second-order valence-electron chi connectivity index (χ2n) is 13.0. The number of carbonyl (C=O) groups excluding carboxylic acids is 5. The summed E-state index contributed by atoms with van der Waals surface area (Å²) in [6.07, 6.45) is -0.471. The second-order valence-corrected chi connectivity index (χ2v) is 13.0. The SMILES string of the molecule is CC(=O)NC(Cc1ccc(OC(C)(C)C)cc1)C(=O)NC(C(=O)NC(C)C(=O)NC(CC(=O)OC(C)(C)C)C(=O)O)C(C)C. The quantitative estimate of drug-likeness (QED) is 0.193. The molecule has 0 saturated carbocycles. The van der Waals surface area contributed by atoms with Gasteiger partial charge < -0.3 is 35.8 Å². The van der Waals surface area contributed by atoms with Crippen molar-refractivity contribution in [2.24, 2.45) is 5.92 Å². The Hall–Kier alpha value is -4.16. The van der Waals surface area contributed by atoms with Crippen molar-refractivity contribution < 1.29 is 43.3 Å². The van der Waals surface area contributed by atoms with Crippen LogP contribution < -0.4 is 26.0 Å². The predicted molar refractivity (Wildman–Crippen MR) is 163 cm³/mol. The summed E-state index contributed by atoms with van der Waals surface area (Å²) in [4.78, 5) is 74.8. The summed E-state index contributed by atoms with van der Waals surface area (Å²) in [5, 5.41) is 19.5. The minimum absolute atomic E-state index is 0.140. The molecule has 13 nitrogen and oxygen atoms in total. The maximum absolute atomic E-state index is 13.3. The van der Waals surface area contributed by atoms with Gasteiger partial charge in [-0.05, 0) is 72.1 Å². The number of amides is 4. The lowest BCUT2D eigenvalue weighted by atomic mass is 10.0. The Morgan fingerprint density at radius 1 is 0.750 bits per heavy atom. The van der Waals surface area contributed by atoms with E-state index in [1.807, 2.05) is 20.8 Å². The van der Waals surface area contributed by atoms with Crippen molar-refractivity contribution in [3.8, 4) is 5.75 Å². The Morgan fingerprint density at radius 3 is 1.77 bits per heavy atom. The van der Waals surface area contributed by atoms with Crippen LogP contribution in [0, 0.1) is 5.92 Å². The zero-order valence-corrected chi connectivity index (χ0v) is 27.3. The number of esters is 1. The third-order valence-electron chi connectivity index (χ3n) is 5.89. The zero-order chi connectivity index (χ0) is 34.0. The number of rotatable bonds is 14. The first-order valence-corrected chi connectivity index (χ1v) is 14.5. The molecule has 4 unspecified atom stereocenters. The van der Waals surface area contributed by atoms with Gasteiger partial charge in [-0.3, -0.25) is 24.0 Å². The molecule has 0 aromatic heterocycles. The Balaban J connectivity index is 2.94. The first-order chi connectivity index (χ1) is 20.1. The van der Waals surface area contributed by atoms with Crippen LogP contribution in [-0.4, -0.2) is 76.0 Å². The number of nitrogens with one attached hydrogen (secondary N) is 4. The molecule has 246 valence electrons. The largest absolute Gasteiger partial charge is 0.488 e. The van der Waals surface area contributed by atoms with Crippen LogP contribution in [0.25, 0.3) is 0 Å². The molecule has 4 amide bonds. The van der Waals surface area contributed by atoms with Gasteiger partial charge in [-0.15, -0.1) is 0 Å². The van der Waals surface area contributed by atoms with E-state index in [1.54, 1.807) is 58.9 Å². The molecular formula is C31H48N4O9. The van der Waals surface area contributed by atoms with E-state index in [4.69, 9.17) is 9.47 Å². The van der Waals surface area contributed by atoms with Crippen molar-refractivity contribution in [1.29, 1.82) is 0 Å². The summed E-state index contributed by atoms with van der Waals surface area (Å²) in [5.41, 5.74) is -0.481. The lowest BCUT2D eigenvalue weighted by Gasteiger charge is -2.27. The number of aliphatic carboxylic acids is 1. The number of benzene rings is 1. The highest BCUT2D eigenvalue weighted by Gasteiger charge is 2.32. The van der Waals surface area contributed by atoms with Crippen LogP contribution in [0.15, 0.2) is 24.3 Å². The standard InChI is InChI=1S/C31H48N4O9/c1-17(2)25(28(40)32-18(3)26(38)34-23(29(41)42)16-24(37)44-31(8,9)10)35-27(39)22(33-19(4)36)15-20-11-13-21(14-12-20)43-30(5,6)7/h11-14,17-18,22-23,25H,15-16H2,1-10H3,(H,32,40)(H,33,36)(H,34,38)(H,35,39)(H,41,42). The summed E-state index contributed by atoms with van der Waals surface area (Å²) in [6, 6.07) is 2.22. The Kier molecular flexibility index (Phi) is 13.8. The number of carbonyl (C=O) groups is 6. The molecule has 0 spiro atoms. The molecule has 0 saturated heterocycles. The lowest BCUT2D eigenvalue weighted by molar-refractivity contribution is -0.158. The fourth-order valence-corrected chi connectivity index (χ4v) is 3.94. The Morgan fingerprint density at radius 2 is 1.32 bits per heavy atom. The van der Waals surface area contributed by atoms with Crippen molar-refractivity contribution in [3.05, 3.63) is 29.8 Å².